The Hall–Kier alpha value is -1.64. The summed E-state index contributed by atoms with van der Waals surface area (Å²) < 4.78 is 29.6. The van der Waals surface area contributed by atoms with Crippen LogP contribution in [0.5, 0.6) is 0 Å². The SMILES string of the molecule is C[C@@H](CNC(=O)c1ccc(CNS(C)(=O)=O)o1)c1ccsc1. The number of carbonyl (C=O) groups excluding carboxylic acids is 1. The zero-order chi connectivity index (χ0) is 16.2. The first-order chi connectivity index (χ1) is 10.3. The molecule has 1 amide bonds. The van der Waals surface area contributed by atoms with Crippen LogP contribution in [0.15, 0.2) is 33.4 Å². The lowest BCUT2D eigenvalue weighted by Gasteiger charge is -2.10. The van der Waals surface area contributed by atoms with Gasteiger partial charge in [0.2, 0.25) is 10.0 Å². The molecular weight excluding hydrogens is 324 g/mol. The third kappa shape index (κ3) is 4.97. The van der Waals surface area contributed by atoms with Crippen LogP contribution in [0.3, 0.4) is 0 Å². The van der Waals surface area contributed by atoms with Crippen LogP contribution in [0, 0.1) is 0 Å². The minimum absolute atomic E-state index is 0.0252. The average Bonchev–Trinajstić information content (AvgIpc) is 3.12. The van der Waals surface area contributed by atoms with Crippen molar-refractivity contribution in [3.05, 3.63) is 46.0 Å². The van der Waals surface area contributed by atoms with Gasteiger partial charge in [-0.3, -0.25) is 4.79 Å². The first-order valence-electron chi connectivity index (χ1n) is 6.69. The van der Waals surface area contributed by atoms with Crippen LogP contribution in [0.4, 0.5) is 0 Å². The molecule has 2 heterocycles. The Morgan fingerprint density at radius 1 is 1.36 bits per heavy atom. The van der Waals surface area contributed by atoms with Gasteiger partial charge in [0, 0.05) is 6.54 Å². The zero-order valence-corrected chi connectivity index (χ0v) is 14.0. The number of rotatable bonds is 7. The molecule has 0 saturated heterocycles. The lowest BCUT2D eigenvalue weighted by molar-refractivity contribution is 0.0922. The number of hydrogen-bond acceptors (Lipinski definition) is 5. The predicted molar refractivity (Wildman–Crippen MR) is 85.5 cm³/mol. The molecular formula is C14H18N2O4S2. The van der Waals surface area contributed by atoms with Crippen LogP contribution >= 0.6 is 11.3 Å². The van der Waals surface area contributed by atoms with E-state index in [4.69, 9.17) is 4.42 Å². The van der Waals surface area contributed by atoms with E-state index in [9.17, 15) is 13.2 Å². The summed E-state index contributed by atoms with van der Waals surface area (Å²) in [6.45, 7) is 2.57. The summed E-state index contributed by atoms with van der Waals surface area (Å²) in [5.41, 5.74) is 1.18. The second-order valence-corrected chi connectivity index (χ2v) is 7.64. The van der Waals surface area contributed by atoms with Gasteiger partial charge in [-0.2, -0.15) is 11.3 Å². The fourth-order valence-electron chi connectivity index (χ4n) is 1.80. The molecule has 8 heteroatoms. The Bertz CT molecular complexity index is 720. The first kappa shape index (κ1) is 16.7. The quantitative estimate of drug-likeness (QED) is 0.805. The van der Waals surface area contributed by atoms with Crippen LogP contribution in [0.2, 0.25) is 0 Å². The van der Waals surface area contributed by atoms with E-state index in [1.165, 1.54) is 11.6 Å². The highest BCUT2D eigenvalue weighted by atomic mass is 32.2. The fourth-order valence-corrected chi connectivity index (χ4v) is 2.99. The normalized spacial score (nSPS) is 13.0. The van der Waals surface area contributed by atoms with Crippen molar-refractivity contribution in [2.24, 2.45) is 0 Å². The second kappa shape index (κ2) is 7.08. The summed E-state index contributed by atoms with van der Waals surface area (Å²) >= 11 is 1.62. The number of thiophene rings is 1. The number of hydrogen-bond donors (Lipinski definition) is 2. The molecule has 0 aromatic carbocycles. The highest BCUT2D eigenvalue weighted by Crippen LogP contribution is 2.17. The van der Waals surface area contributed by atoms with Gasteiger partial charge in [-0.25, -0.2) is 13.1 Å². The van der Waals surface area contributed by atoms with Gasteiger partial charge in [0.1, 0.15) is 5.76 Å². The van der Waals surface area contributed by atoms with E-state index in [2.05, 4.69) is 15.4 Å². The molecule has 0 radical (unpaired) electrons. The van der Waals surface area contributed by atoms with Crippen molar-refractivity contribution >= 4 is 27.3 Å². The van der Waals surface area contributed by atoms with Gasteiger partial charge in [-0.1, -0.05) is 6.92 Å². The molecule has 0 fully saturated rings. The van der Waals surface area contributed by atoms with Gasteiger partial charge in [0.15, 0.2) is 5.76 Å². The predicted octanol–water partition coefficient (Wildman–Crippen LogP) is 1.92. The van der Waals surface area contributed by atoms with E-state index in [1.54, 1.807) is 17.4 Å². The summed E-state index contributed by atoms with van der Waals surface area (Å²) in [6.07, 6.45) is 1.06. The van der Waals surface area contributed by atoms with Crippen molar-refractivity contribution in [1.29, 1.82) is 0 Å². The topological polar surface area (TPSA) is 88.4 Å². The minimum Gasteiger partial charge on any atom is -0.455 e. The maximum absolute atomic E-state index is 12.0. The van der Waals surface area contributed by atoms with Crippen LogP contribution in [0.1, 0.15) is 34.7 Å². The molecule has 0 aliphatic rings. The van der Waals surface area contributed by atoms with E-state index in [0.29, 0.717) is 12.3 Å². The van der Waals surface area contributed by atoms with Crippen molar-refractivity contribution in [1.82, 2.24) is 10.0 Å². The van der Waals surface area contributed by atoms with E-state index in [1.807, 2.05) is 18.4 Å². The van der Waals surface area contributed by atoms with Crippen LogP contribution in [-0.2, 0) is 16.6 Å². The van der Waals surface area contributed by atoms with Crippen molar-refractivity contribution in [2.75, 3.05) is 12.8 Å². The molecule has 1 atom stereocenters. The molecule has 2 aromatic heterocycles. The van der Waals surface area contributed by atoms with Crippen LogP contribution in [0.25, 0.3) is 0 Å². The Labute approximate surface area is 133 Å². The van der Waals surface area contributed by atoms with Crippen molar-refractivity contribution in [3.8, 4) is 0 Å². The van der Waals surface area contributed by atoms with E-state index in [0.717, 1.165) is 6.26 Å². The summed E-state index contributed by atoms with van der Waals surface area (Å²) in [4.78, 5) is 12.0. The number of sulfonamides is 1. The Morgan fingerprint density at radius 2 is 2.14 bits per heavy atom. The van der Waals surface area contributed by atoms with Gasteiger partial charge >= 0.3 is 0 Å². The maximum Gasteiger partial charge on any atom is 0.287 e. The molecule has 2 aromatic rings. The molecule has 22 heavy (non-hydrogen) atoms. The van der Waals surface area contributed by atoms with Gasteiger partial charge in [-0.05, 0) is 40.4 Å². The van der Waals surface area contributed by atoms with E-state index >= 15 is 0 Å². The largest absolute Gasteiger partial charge is 0.455 e. The van der Waals surface area contributed by atoms with E-state index < -0.39 is 10.0 Å². The highest BCUT2D eigenvalue weighted by molar-refractivity contribution is 7.88. The van der Waals surface area contributed by atoms with Gasteiger partial charge in [0.25, 0.3) is 5.91 Å². The summed E-state index contributed by atoms with van der Waals surface area (Å²) in [6, 6.07) is 5.14. The summed E-state index contributed by atoms with van der Waals surface area (Å²) in [5, 5.41) is 6.86. The Kier molecular flexibility index (Phi) is 5.38. The lowest BCUT2D eigenvalue weighted by Crippen LogP contribution is -2.27. The van der Waals surface area contributed by atoms with Gasteiger partial charge in [-0.15, -0.1) is 0 Å². The highest BCUT2D eigenvalue weighted by Gasteiger charge is 2.14. The molecule has 0 saturated carbocycles. The molecule has 2 rings (SSSR count). The smallest absolute Gasteiger partial charge is 0.287 e. The third-order valence-corrected chi connectivity index (χ3v) is 4.45. The summed E-state index contributed by atoms with van der Waals surface area (Å²) in [5.74, 6) is 0.466. The standard InChI is InChI=1S/C14H18N2O4S2/c1-10(11-5-6-21-9-11)7-15-14(17)13-4-3-12(20-13)8-16-22(2,18)19/h3-6,9-10,16H,7-8H2,1-2H3,(H,15,17)/t10-/m0/s1. The fraction of sp³-hybridized carbons (Fsp3) is 0.357. The van der Waals surface area contributed by atoms with Crippen LogP contribution < -0.4 is 10.0 Å². The molecule has 0 spiro atoms. The Morgan fingerprint density at radius 3 is 2.77 bits per heavy atom. The molecule has 120 valence electrons. The average molecular weight is 342 g/mol. The number of amides is 1. The second-order valence-electron chi connectivity index (χ2n) is 5.03. The van der Waals surface area contributed by atoms with Crippen molar-refractivity contribution < 1.29 is 17.6 Å². The summed E-state index contributed by atoms with van der Waals surface area (Å²) in [7, 11) is -3.29. The lowest BCUT2D eigenvalue weighted by atomic mass is 10.1. The molecule has 0 bridgehead atoms. The third-order valence-electron chi connectivity index (χ3n) is 3.08. The maximum atomic E-state index is 12.0. The molecule has 2 N–H and O–H groups in total. The first-order valence-corrected chi connectivity index (χ1v) is 9.52. The molecule has 0 aliphatic heterocycles. The van der Waals surface area contributed by atoms with E-state index in [-0.39, 0.29) is 24.1 Å². The number of carbonyl (C=O) groups is 1. The van der Waals surface area contributed by atoms with Gasteiger partial charge in [0.05, 0.1) is 12.8 Å². The van der Waals surface area contributed by atoms with Gasteiger partial charge < -0.3 is 9.73 Å². The van der Waals surface area contributed by atoms with Crippen LogP contribution in [-0.4, -0.2) is 27.1 Å². The number of nitrogens with one attached hydrogen (secondary N) is 2. The Balaban J connectivity index is 1.86. The molecule has 6 nitrogen and oxygen atoms in total. The van der Waals surface area contributed by atoms with Crippen molar-refractivity contribution in [2.45, 2.75) is 19.4 Å². The molecule has 0 unspecified atom stereocenters. The monoisotopic (exact) mass is 342 g/mol. The molecule has 0 aliphatic carbocycles. The number of furan rings is 1. The minimum atomic E-state index is -3.29. The zero-order valence-electron chi connectivity index (χ0n) is 12.3. The van der Waals surface area contributed by atoms with Crippen molar-refractivity contribution in [3.63, 3.8) is 0 Å².